The summed E-state index contributed by atoms with van der Waals surface area (Å²) >= 11 is 0. The molecule has 5 rings (SSSR count). The molecule has 5 nitrogen and oxygen atoms in total. The van der Waals surface area contributed by atoms with Crippen molar-refractivity contribution in [2.45, 2.75) is 32.5 Å². The van der Waals surface area contributed by atoms with Gasteiger partial charge in [0.05, 0.1) is 17.2 Å². The highest BCUT2D eigenvalue weighted by molar-refractivity contribution is 5.83. The first-order valence-electron chi connectivity index (χ1n) is 11.0. The molecule has 0 unspecified atom stereocenters. The second kappa shape index (κ2) is 8.09. The van der Waals surface area contributed by atoms with Crippen molar-refractivity contribution in [3.05, 3.63) is 108 Å². The van der Waals surface area contributed by atoms with Crippen LogP contribution >= 0.6 is 0 Å². The van der Waals surface area contributed by atoms with E-state index < -0.39 is 5.60 Å². The van der Waals surface area contributed by atoms with Crippen molar-refractivity contribution in [2.24, 2.45) is 0 Å². The molecule has 0 radical (unpaired) electrons. The second-order valence-corrected chi connectivity index (χ2v) is 7.91. The fourth-order valence-electron chi connectivity index (χ4n) is 4.37. The molecule has 0 spiro atoms. The number of rotatable bonds is 6. The summed E-state index contributed by atoms with van der Waals surface area (Å²) in [4.78, 5) is 4.96. The Balaban J connectivity index is 1.74. The fourth-order valence-corrected chi connectivity index (χ4v) is 4.37. The summed E-state index contributed by atoms with van der Waals surface area (Å²) in [5, 5.41) is 16.7. The van der Waals surface area contributed by atoms with Crippen LogP contribution in [0.3, 0.4) is 0 Å². The maximum atomic E-state index is 12.3. The molecule has 0 atom stereocenters. The summed E-state index contributed by atoms with van der Waals surface area (Å²) in [6, 6.07) is 25.8. The van der Waals surface area contributed by atoms with E-state index in [1.165, 1.54) is 0 Å². The van der Waals surface area contributed by atoms with Gasteiger partial charge in [-0.15, -0.1) is 0 Å². The van der Waals surface area contributed by atoms with Crippen molar-refractivity contribution in [3.8, 4) is 11.1 Å². The zero-order chi connectivity index (χ0) is 22.1. The van der Waals surface area contributed by atoms with Gasteiger partial charge in [-0.05, 0) is 42.7 Å². The van der Waals surface area contributed by atoms with Gasteiger partial charge in [-0.3, -0.25) is 4.68 Å². The number of aromatic nitrogens is 4. The molecule has 32 heavy (non-hydrogen) atoms. The zero-order valence-electron chi connectivity index (χ0n) is 18.3. The van der Waals surface area contributed by atoms with Gasteiger partial charge >= 0.3 is 0 Å². The first-order valence-corrected chi connectivity index (χ1v) is 11.0. The second-order valence-electron chi connectivity index (χ2n) is 7.91. The highest BCUT2D eigenvalue weighted by Gasteiger charge is 2.38. The van der Waals surface area contributed by atoms with Gasteiger partial charge in [0.2, 0.25) is 0 Å². The van der Waals surface area contributed by atoms with Gasteiger partial charge in [0.1, 0.15) is 0 Å². The van der Waals surface area contributed by atoms with Crippen LogP contribution in [-0.2, 0) is 18.7 Å². The summed E-state index contributed by atoms with van der Waals surface area (Å²) in [5.41, 5.74) is 4.22. The predicted molar refractivity (Wildman–Crippen MR) is 127 cm³/mol. The van der Waals surface area contributed by atoms with Gasteiger partial charge in [-0.2, -0.15) is 5.10 Å². The van der Waals surface area contributed by atoms with E-state index in [9.17, 15) is 5.11 Å². The Morgan fingerprint density at radius 2 is 1.47 bits per heavy atom. The van der Waals surface area contributed by atoms with Gasteiger partial charge in [-0.1, -0.05) is 66.7 Å². The molecule has 5 heteroatoms. The molecule has 0 saturated heterocycles. The van der Waals surface area contributed by atoms with Crippen molar-refractivity contribution < 1.29 is 5.11 Å². The fraction of sp³-hybridized carbons (Fsp3) is 0.185. The molecule has 1 N–H and O–H groups in total. The van der Waals surface area contributed by atoms with E-state index in [4.69, 9.17) is 4.98 Å². The normalized spacial score (nSPS) is 11.8. The van der Waals surface area contributed by atoms with Crippen molar-refractivity contribution in [1.82, 2.24) is 19.3 Å². The topological polar surface area (TPSA) is 55.9 Å². The summed E-state index contributed by atoms with van der Waals surface area (Å²) in [5.74, 6) is 0.619. The van der Waals surface area contributed by atoms with Gasteiger partial charge in [0.15, 0.2) is 11.4 Å². The third-order valence-corrected chi connectivity index (χ3v) is 6.06. The molecule has 0 fully saturated rings. The summed E-state index contributed by atoms with van der Waals surface area (Å²) in [7, 11) is 0. The van der Waals surface area contributed by atoms with E-state index >= 15 is 0 Å². The Kier molecular flexibility index (Phi) is 5.11. The van der Waals surface area contributed by atoms with Crippen LogP contribution in [0.1, 0.15) is 30.8 Å². The van der Waals surface area contributed by atoms with Crippen LogP contribution in [0, 0.1) is 0 Å². The molecule has 5 aromatic rings. The van der Waals surface area contributed by atoms with Crippen molar-refractivity contribution >= 4 is 11.0 Å². The number of aliphatic hydroxyl groups is 1. The zero-order valence-corrected chi connectivity index (χ0v) is 18.3. The molecule has 0 aliphatic carbocycles. The Hall–Kier alpha value is -3.70. The molecular formula is C27H26N4O. The third kappa shape index (κ3) is 3.22. The highest BCUT2D eigenvalue weighted by atomic mass is 16.3. The van der Waals surface area contributed by atoms with E-state index in [-0.39, 0.29) is 0 Å². The average Bonchev–Trinajstić information content (AvgIpc) is 3.49. The minimum absolute atomic E-state index is 0.619. The Morgan fingerprint density at radius 1 is 0.812 bits per heavy atom. The minimum atomic E-state index is -1.37. The summed E-state index contributed by atoms with van der Waals surface area (Å²) < 4.78 is 4.04. The molecule has 3 aromatic carbocycles. The van der Waals surface area contributed by atoms with Crippen LogP contribution in [0.4, 0.5) is 0 Å². The number of aryl methyl sites for hydroxylation is 2. The number of fused-ring (bicyclic) bond motifs is 1. The number of nitrogens with zero attached hydrogens (tertiary/aromatic N) is 4. The lowest BCUT2D eigenvalue weighted by atomic mass is 9.85. The first kappa shape index (κ1) is 20.2. The van der Waals surface area contributed by atoms with Gasteiger partial charge < -0.3 is 9.67 Å². The van der Waals surface area contributed by atoms with E-state index in [1.807, 2.05) is 77.6 Å². The van der Waals surface area contributed by atoms with E-state index in [0.717, 1.165) is 39.8 Å². The molecule has 0 aliphatic heterocycles. The largest absolute Gasteiger partial charge is 0.373 e. The highest BCUT2D eigenvalue weighted by Crippen LogP contribution is 2.38. The predicted octanol–water partition coefficient (Wildman–Crippen LogP) is 5.22. The molecule has 0 bridgehead atoms. The van der Waals surface area contributed by atoms with Gasteiger partial charge in [-0.25, -0.2) is 4.98 Å². The molecule has 2 heterocycles. The third-order valence-electron chi connectivity index (χ3n) is 6.06. The molecule has 0 aliphatic rings. The SMILES string of the molecule is CCn1cc(-c2ccc3nc(C(O)(c4ccccc4)c4ccccc4)n(CC)c3c2)cn1. The first-order chi connectivity index (χ1) is 15.6. The molecule has 0 amide bonds. The maximum absolute atomic E-state index is 12.3. The molecule has 160 valence electrons. The Bertz CT molecular complexity index is 1310. The monoisotopic (exact) mass is 422 g/mol. The van der Waals surface area contributed by atoms with Crippen LogP contribution < -0.4 is 0 Å². The lowest BCUT2D eigenvalue weighted by Crippen LogP contribution is -2.32. The molecule has 2 aromatic heterocycles. The van der Waals surface area contributed by atoms with E-state index in [1.54, 1.807) is 0 Å². The van der Waals surface area contributed by atoms with Gasteiger partial charge in [0, 0.05) is 24.8 Å². The standard InChI is InChI=1S/C27H26N4O/c1-3-30-19-21(18-28-30)20-15-16-24-25(17-20)31(4-2)26(29-24)27(32,22-11-7-5-8-12-22)23-13-9-6-10-14-23/h5-19,32H,3-4H2,1-2H3. The quantitative estimate of drug-likeness (QED) is 0.408. The van der Waals surface area contributed by atoms with Crippen LogP contribution in [0.2, 0.25) is 0 Å². The van der Waals surface area contributed by atoms with Crippen molar-refractivity contribution in [3.63, 3.8) is 0 Å². The van der Waals surface area contributed by atoms with Crippen molar-refractivity contribution in [1.29, 1.82) is 0 Å². The number of benzene rings is 3. The smallest absolute Gasteiger partial charge is 0.173 e. The minimum Gasteiger partial charge on any atom is -0.373 e. The summed E-state index contributed by atoms with van der Waals surface area (Å²) in [6.07, 6.45) is 3.95. The number of hydrogen-bond donors (Lipinski definition) is 1. The van der Waals surface area contributed by atoms with Gasteiger partial charge in [0.25, 0.3) is 0 Å². The van der Waals surface area contributed by atoms with E-state index in [2.05, 4.69) is 41.8 Å². The van der Waals surface area contributed by atoms with Crippen LogP contribution in [-0.4, -0.2) is 24.4 Å². The maximum Gasteiger partial charge on any atom is 0.173 e. The Morgan fingerprint density at radius 3 is 2.03 bits per heavy atom. The number of hydrogen-bond acceptors (Lipinski definition) is 3. The average molecular weight is 423 g/mol. The van der Waals surface area contributed by atoms with E-state index in [0.29, 0.717) is 12.4 Å². The van der Waals surface area contributed by atoms with Crippen LogP contribution in [0.5, 0.6) is 0 Å². The molecule has 0 saturated carbocycles. The molecular weight excluding hydrogens is 396 g/mol. The van der Waals surface area contributed by atoms with Crippen LogP contribution in [0.25, 0.3) is 22.2 Å². The summed E-state index contributed by atoms with van der Waals surface area (Å²) in [6.45, 7) is 5.68. The lowest BCUT2D eigenvalue weighted by molar-refractivity contribution is 0.112. The van der Waals surface area contributed by atoms with Crippen LogP contribution in [0.15, 0.2) is 91.3 Å². The number of imidazole rings is 1. The van der Waals surface area contributed by atoms with Crippen molar-refractivity contribution in [2.75, 3.05) is 0 Å². The lowest BCUT2D eigenvalue weighted by Gasteiger charge is -2.29. The Labute approximate surface area is 187 Å².